The minimum atomic E-state index is -0.733. The topological polar surface area (TPSA) is 89.0 Å². The predicted molar refractivity (Wildman–Crippen MR) is 101 cm³/mol. The Labute approximate surface area is 159 Å². The Morgan fingerprint density at radius 1 is 0.923 bits per heavy atom. The summed E-state index contributed by atoms with van der Waals surface area (Å²) in [6, 6.07) is 7.05. The van der Waals surface area contributed by atoms with E-state index in [0.29, 0.717) is 5.02 Å². The van der Waals surface area contributed by atoms with E-state index in [1.165, 1.54) is 0 Å². The molecule has 1 aromatic carbocycles. The molecule has 0 heterocycles. The summed E-state index contributed by atoms with van der Waals surface area (Å²) in [6.45, 7) is 10.6. The van der Waals surface area contributed by atoms with E-state index >= 15 is 0 Å². The first kappa shape index (κ1) is 21.8. The molecule has 0 aromatic heterocycles. The van der Waals surface area contributed by atoms with Crippen molar-refractivity contribution in [2.75, 3.05) is 0 Å². The van der Waals surface area contributed by atoms with Crippen LogP contribution in [0.5, 0.6) is 0 Å². The van der Waals surface area contributed by atoms with Gasteiger partial charge in [-0.15, -0.1) is 0 Å². The quantitative estimate of drug-likeness (QED) is 0.590. The number of nitrogens with zero attached hydrogens (tertiary/aromatic N) is 1. The second-order valence-corrected chi connectivity index (χ2v) is 7.98. The Balaban J connectivity index is 2.85. The number of rotatable bonds is 2. The van der Waals surface area contributed by atoms with E-state index in [9.17, 15) is 9.59 Å². The molecule has 0 fully saturated rings. The van der Waals surface area contributed by atoms with Crippen LogP contribution in [0, 0.1) is 0 Å². The minimum absolute atomic E-state index is 0.0662. The second kappa shape index (κ2) is 8.89. The van der Waals surface area contributed by atoms with E-state index in [0.717, 1.165) is 5.56 Å². The predicted octanol–water partition coefficient (Wildman–Crippen LogP) is 4.25. The Kier molecular flexibility index (Phi) is 7.44. The molecule has 0 atom stereocenters. The number of hydrogen-bond donors (Lipinski definition) is 2. The summed E-state index contributed by atoms with van der Waals surface area (Å²) in [4.78, 5) is 28.1. The monoisotopic (exact) mass is 383 g/mol. The van der Waals surface area contributed by atoms with Crippen LogP contribution in [0.4, 0.5) is 9.59 Å². The number of halogens is 1. The van der Waals surface area contributed by atoms with Gasteiger partial charge >= 0.3 is 12.2 Å². The summed E-state index contributed by atoms with van der Waals surface area (Å²) in [6.07, 6.45) is -1.47. The Morgan fingerprint density at radius 2 is 1.35 bits per heavy atom. The van der Waals surface area contributed by atoms with Crippen LogP contribution in [0.3, 0.4) is 0 Å². The molecule has 144 valence electrons. The van der Waals surface area contributed by atoms with Crippen LogP contribution in [0.25, 0.3) is 0 Å². The first-order chi connectivity index (χ1) is 11.8. The fraction of sp³-hybridized carbons (Fsp3) is 0.500. The van der Waals surface area contributed by atoms with E-state index in [2.05, 4.69) is 15.6 Å². The lowest BCUT2D eigenvalue weighted by Crippen LogP contribution is -2.47. The van der Waals surface area contributed by atoms with Gasteiger partial charge in [-0.3, -0.25) is 10.6 Å². The number of guanidine groups is 1. The summed E-state index contributed by atoms with van der Waals surface area (Å²) in [5.74, 6) is -0.0662. The zero-order chi connectivity index (χ0) is 20.0. The summed E-state index contributed by atoms with van der Waals surface area (Å²) in [5.41, 5.74) is -0.516. The fourth-order valence-corrected chi connectivity index (χ4v) is 1.80. The Morgan fingerprint density at radius 3 is 1.73 bits per heavy atom. The molecule has 2 N–H and O–H groups in total. The molecule has 0 aliphatic heterocycles. The molecule has 1 aromatic rings. The highest BCUT2D eigenvalue weighted by Gasteiger charge is 2.21. The zero-order valence-corrected chi connectivity index (χ0v) is 16.7. The van der Waals surface area contributed by atoms with Gasteiger partial charge in [-0.1, -0.05) is 23.7 Å². The van der Waals surface area contributed by atoms with Gasteiger partial charge in [0, 0.05) is 5.02 Å². The summed E-state index contributed by atoms with van der Waals surface area (Å²) >= 11 is 5.85. The van der Waals surface area contributed by atoms with E-state index in [1.807, 2.05) is 0 Å². The van der Waals surface area contributed by atoms with Gasteiger partial charge in [-0.05, 0) is 59.2 Å². The van der Waals surface area contributed by atoms with Crippen molar-refractivity contribution in [2.45, 2.75) is 59.3 Å². The maximum absolute atomic E-state index is 12.0. The number of aliphatic imine (C=N–C) groups is 1. The van der Waals surface area contributed by atoms with E-state index < -0.39 is 23.4 Å². The van der Waals surface area contributed by atoms with Crippen LogP contribution >= 0.6 is 11.6 Å². The highest BCUT2D eigenvalue weighted by atomic mass is 35.5. The highest BCUT2D eigenvalue weighted by Crippen LogP contribution is 2.11. The average Bonchev–Trinajstić information content (AvgIpc) is 2.42. The zero-order valence-electron chi connectivity index (χ0n) is 16.0. The van der Waals surface area contributed by atoms with Gasteiger partial charge in [0.15, 0.2) is 0 Å². The molecular weight excluding hydrogens is 358 g/mol. The lowest BCUT2D eigenvalue weighted by atomic mass is 10.2. The van der Waals surface area contributed by atoms with Crippen LogP contribution < -0.4 is 10.6 Å². The molecule has 0 unspecified atom stereocenters. The Bertz CT molecular complexity index is 626. The van der Waals surface area contributed by atoms with Crippen LogP contribution in [0.2, 0.25) is 5.02 Å². The fourth-order valence-electron chi connectivity index (χ4n) is 1.67. The number of carbonyl (C=O) groups is 2. The second-order valence-electron chi connectivity index (χ2n) is 7.55. The average molecular weight is 384 g/mol. The van der Waals surface area contributed by atoms with E-state index in [-0.39, 0.29) is 12.5 Å². The smallest absolute Gasteiger partial charge is 0.414 e. The Hall–Kier alpha value is -2.28. The summed E-state index contributed by atoms with van der Waals surface area (Å²) in [7, 11) is 0. The van der Waals surface area contributed by atoms with Crippen LogP contribution in [-0.4, -0.2) is 29.3 Å². The van der Waals surface area contributed by atoms with Crippen LogP contribution in [0.1, 0.15) is 47.1 Å². The number of amides is 2. The van der Waals surface area contributed by atoms with Gasteiger partial charge in [0.2, 0.25) is 5.96 Å². The van der Waals surface area contributed by atoms with Gasteiger partial charge in [-0.25, -0.2) is 14.6 Å². The molecule has 0 radical (unpaired) electrons. The number of hydrogen-bond acceptors (Lipinski definition) is 5. The number of ether oxygens (including phenoxy) is 2. The SMILES string of the molecule is CC(C)(C)OC(=O)NC(=NCc1ccc(Cl)cc1)NC(=O)OC(C)(C)C. The van der Waals surface area contributed by atoms with Crippen molar-refractivity contribution in [3.63, 3.8) is 0 Å². The number of carbonyl (C=O) groups excluding carboxylic acids is 2. The normalized spacial score (nSPS) is 11.3. The van der Waals surface area contributed by atoms with Gasteiger partial charge in [0.05, 0.1) is 6.54 Å². The molecule has 2 amide bonds. The standard InChI is InChI=1S/C18H26ClN3O4/c1-17(2,3)25-15(23)21-14(22-16(24)26-18(4,5)6)20-11-12-7-9-13(19)10-8-12/h7-10H,11H2,1-6H3,(H2,20,21,22,23,24). The maximum atomic E-state index is 12.0. The van der Waals surface area contributed by atoms with E-state index in [4.69, 9.17) is 21.1 Å². The number of nitrogens with one attached hydrogen (secondary N) is 2. The van der Waals surface area contributed by atoms with Crippen molar-refractivity contribution in [2.24, 2.45) is 4.99 Å². The third kappa shape index (κ3) is 9.88. The largest absolute Gasteiger partial charge is 0.444 e. The first-order valence-corrected chi connectivity index (χ1v) is 8.51. The van der Waals surface area contributed by atoms with Crippen molar-refractivity contribution < 1.29 is 19.1 Å². The van der Waals surface area contributed by atoms with Gasteiger partial charge < -0.3 is 9.47 Å². The van der Waals surface area contributed by atoms with Crippen molar-refractivity contribution in [3.8, 4) is 0 Å². The third-order valence-electron chi connectivity index (χ3n) is 2.57. The summed E-state index contributed by atoms with van der Waals surface area (Å²) < 4.78 is 10.4. The van der Waals surface area contributed by atoms with Gasteiger partial charge in [0.1, 0.15) is 11.2 Å². The highest BCUT2D eigenvalue weighted by molar-refractivity contribution is 6.30. The van der Waals surface area contributed by atoms with Crippen LogP contribution in [0.15, 0.2) is 29.3 Å². The molecule has 1 rings (SSSR count). The lowest BCUT2D eigenvalue weighted by molar-refractivity contribution is 0.0545. The molecule has 26 heavy (non-hydrogen) atoms. The third-order valence-corrected chi connectivity index (χ3v) is 2.82. The van der Waals surface area contributed by atoms with Crippen molar-refractivity contribution in [1.29, 1.82) is 0 Å². The van der Waals surface area contributed by atoms with Crippen LogP contribution in [-0.2, 0) is 16.0 Å². The molecule has 7 nitrogen and oxygen atoms in total. The number of alkyl carbamates (subject to hydrolysis) is 2. The molecule has 8 heteroatoms. The molecule has 0 saturated carbocycles. The molecule has 0 saturated heterocycles. The molecule has 0 aliphatic rings. The molecule has 0 aliphatic carbocycles. The molecular formula is C18H26ClN3O4. The molecule has 0 spiro atoms. The lowest BCUT2D eigenvalue weighted by Gasteiger charge is -2.22. The minimum Gasteiger partial charge on any atom is -0.444 e. The van der Waals surface area contributed by atoms with Gasteiger partial charge in [0.25, 0.3) is 0 Å². The molecule has 0 bridgehead atoms. The van der Waals surface area contributed by atoms with E-state index in [1.54, 1.807) is 65.8 Å². The maximum Gasteiger partial charge on any atom is 0.414 e. The number of benzene rings is 1. The first-order valence-electron chi connectivity index (χ1n) is 8.13. The van der Waals surface area contributed by atoms with Crippen molar-refractivity contribution in [3.05, 3.63) is 34.9 Å². The van der Waals surface area contributed by atoms with Crippen molar-refractivity contribution >= 4 is 29.7 Å². The van der Waals surface area contributed by atoms with Gasteiger partial charge in [-0.2, -0.15) is 0 Å². The van der Waals surface area contributed by atoms with Crippen molar-refractivity contribution in [1.82, 2.24) is 10.6 Å². The summed E-state index contributed by atoms with van der Waals surface area (Å²) in [5, 5.41) is 5.45.